The van der Waals surface area contributed by atoms with Gasteiger partial charge >= 0.3 is 0 Å². The highest BCUT2D eigenvalue weighted by atomic mass is 32.1. The van der Waals surface area contributed by atoms with Crippen LogP contribution in [-0.2, 0) is 17.7 Å². The number of rotatable bonds is 5. The number of nitrogens with zero attached hydrogens (tertiary/aromatic N) is 2. The van der Waals surface area contributed by atoms with E-state index in [0.29, 0.717) is 31.7 Å². The summed E-state index contributed by atoms with van der Waals surface area (Å²) in [5.74, 6) is 0.470. The summed E-state index contributed by atoms with van der Waals surface area (Å²) in [7, 11) is 0. The maximum absolute atomic E-state index is 13.6. The van der Waals surface area contributed by atoms with Crippen LogP contribution in [0.5, 0.6) is 5.75 Å². The topological polar surface area (TPSA) is 51.7 Å². The van der Waals surface area contributed by atoms with Gasteiger partial charge in [-0.05, 0) is 49.2 Å². The Labute approximate surface area is 184 Å². The second-order valence-corrected chi connectivity index (χ2v) is 8.93. The molecule has 1 saturated heterocycles. The number of benzene rings is 2. The Balaban J connectivity index is 1.24. The van der Waals surface area contributed by atoms with Gasteiger partial charge in [0, 0.05) is 35.6 Å². The van der Waals surface area contributed by atoms with E-state index in [-0.39, 0.29) is 17.8 Å². The van der Waals surface area contributed by atoms with Crippen LogP contribution in [0.3, 0.4) is 0 Å². The number of hydrogen-bond donors (Lipinski definition) is 0. The zero-order valence-electron chi connectivity index (χ0n) is 17.1. The fourth-order valence-electron chi connectivity index (χ4n) is 3.96. The van der Waals surface area contributed by atoms with Gasteiger partial charge in [0.1, 0.15) is 23.2 Å². The van der Waals surface area contributed by atoms with E-state index in [9.17, 15) is 9.18 Å². The third-order valence-electron chi connectivity index (χ3n) is 5.65. The molecule has 5 rings (SSSR count). The summed E-state index contributed by atoms with van der Waals surface area (Å²) >= 11 is 1.53. The number of fused-ring (bicyclic) bond motifs is 1. The third kappa shape index (κ3) is 4.48. The molecule has 1 atom stereocenters. The van der Waals surface area contributed by atoms with Crippen molar-refractivity contribution in [1.29, 1.82) is 0 Å². The van der Waals surface area contributed by atoms with Crippen LogP contribution < -0.4 is 4.74 Å². The van der Waals surface area contributed by atoms with Gasteiger partial charge in [-0.1, -0.05) is 12.1 Å². The molecule has 2 aromatic carbocycles. The standard InChI is InChI=1S/C24H23FN2O3S/c25-18-4-1-3-17(13-18)23-26-21-10-11-27(14-22(21)31-23)24(28)16-6-8-19(9-7-16)30-15-20-5-2-12-29-20/h1,3-4,6-9,13,20H,2,5,10-12,14-15H2/t20-/m0/s1. The van der Waals surface area contributed by atoms with E-state index in [1.807, 2.05) is 35.2 Å². The van der Waals surface area contributed by atoms with Crippen molar-refractivity contribution in [3.63, 3.8) is 0 Å². The normalized spacial score (nSPS) is 18.1. The minimum atomic E-state index is -0.273. The van der Waals surface area contributed by atoms with E-state index in [0.717, 1.165) is 46.3 Å². The molecule has 3 heterocycles. The van der Waals surface area contributed by atoms with E-state index in [2.05, 4.69) is 4.98 Å². The molecule has 0 bridgehead atoms. The van der Waals surface area contributed by atoms with Crippen molar-refractivity contribution >= 4 is 17.2 Å². The zero-order chi connectivity index (χ0) is 21.2. The first-order chi connectivity index (χ1) is 15.2. The van der Waals surface area contributed by atoms with E-state index in [1.54, 1.807) is 6.07 Å². The molecular weight excluding hydrogens is 415 g/mol. The third-order valence-corrected chi connectivity index (χ3v) is 6.78. The van der Waals surface area contributed by atoms with Crippen molar-refractivity contribution in [2.45, 2.75) is 31.9 Å². The number of ether oxygens (including phenoxy) is 2. The molecule has 5 nitrogen and oxygen atoms in total. The van der Waals surface area contributed by atoms with Gasteiger partial charge in [-0.3, -0.25) is 4.79 Å². The quantitative estimate of drug-likeness (QED) is 0.579. The molecule has 31 heavy (non-hydrogen) atoms. The Kier molecular flexibility index (Phi) is 5.70. The van der Waals surface area contributed by atoms with Crippen LogP contribution in [0.25, 0.3) is 10.6 Å². The Bertz CT molecular complexity index is 1080. The number of halogens is 1. The van der Waals surface area contributed by atoms with Crippen LogP contribution in [-0.4, -0.2) is 41.7 Å². The van der Waals surface area contributed by atoms with Crippen LogP contribution in [0.15, 0.2) is 48.5 Å². The summed E-state index contributed by atoms with van der Waals surface area (Å²) in [4.78, 5) is 20.6. The molecule has 0 radical (unpaired) electrons. The SMILES string of the molecule is O=C(c1ccc(OC[C@@H]2CCCO2)cc1)N1CCc2nc(-c3cccc(F)c3)sc2C1. The monoisotopic (exact) mass is 438 g/mol. The lowest BCUT2D eigenvalue weighted by atomic mass is 10.1. The van der Waals surface area contributed by atoms with Crippen molar-refractivity contribution < 1.29 is 18.7 Å². The number of thiazole rings is 1. The predicted molar refractivity (Wildman–Crippen MR) is 117 cm³/mol. The van der Waals surface area contributed by atoms with Crippen molar-refractivity contribution in [2.24, 2.45) is 0 Å². The molecule has 0 aliphatic carbocycles. The van der Waals surface area contributed by atoms with Crippen molar-refractivity contribution in [1.82, 2.24) is 9.88 Å². The lowest BCUT2D eigenvalue weighted by Gasteiger charge is -2.26. The fraction of sp³-hybridized carbons (Fsp3) is 0.333. The molecule has 0 spiro atoms. The predicted octanol–water partition coefficient (Wildman–Crippen LogP) is 4.71. The molecule has 3 aromatic rings. The first kappa shape index (κ1) is 20.2. The van der Waals surface area contributed by atoms with Crippen LogP contribution >= 0.6 is 11.3 Å². The van der Waals surface area contributed by atoms with Crippen molar-refractivity contribution in [3.05, 3.63) is 70.5 Å². The van der Waals surface area contributed by atoms with Crippen LogP contribution in [0.1, 0.15) is 33.8 Å². The van der Waals surface area contributed by atoms with E-state index < -0.39 is 0 Å². The Morgan fingerprint density at radius 2 is 2.13 bits per heavy atom. The lowest BCUT2D eigenvalue weighted by Crippen LogP contribution is -2.35. The number of carbonyl (C=O) groups excluding carboxylic acids is 1. The average molecular weight is 439 g/mol. The second-order valence-electron chi connectivity index (χ2n) is 7.85. The maximum atomic E-state index is 13.6. The second kappa shape index (κ2) is 8.77. The van der Waals surface area contributed by atoms with Crippen LogP contribution in [0.2, 0.25) is 0 Å². The van der Waals surface area contributed by atoms with Crippen LogP contribution in [0.4, 0.5) is 4.39 Å². The molecule has 0 saturated carbocycles. The summed E-state index contributed by atoms with van der Waals surface area (Å²) in [6.07, 6.45) is 2.99. The maximum Gasteiger partial charge on any atom is 0.254 e. The van der Waals surface area contributed by atoms with Gasteiger partial charge in [-0.25, -0.2) is 9.37 Å². The van der Waals surface area contributed by atoms with Gasteiger partial charge in [-0.2, -0.15) is 0 Å². The summed E-state index contributed by atoms with van der Waals surface area (Å²) in [5, 5.41) is 0.798. The van der Waals surface area contributed by atoms with Gasteiger partial charge in [-0.15, -0.1) is 11.3 Å². The molecule has 1 fully saturated rings. The van der Waals surface area contributed by atoms with Gasteiger partial charge in [0.05, 0.1) is 18.3 Å². The average Bonchev–Trinajstić information content (AvgIpc) is 3.47. The summed E-state index contributed by atoms with van der Waals surface area (Å²) in [5.41, 5.74) is 2.42. The smallest absolute Gasteiger partial charge is 0.254 e. The molecule has 2 aliphatic rings. The molecule has 2 aliphatic heterocycles. The highest BCUT2D eigenvalue weighted by molar-refractivity contribution is 7.15. The molecule has 0 unspecified atom stereocenters. The zero-order valence-corrected chi connectivity index (χ0v) is 17.9. The van der Waals surface area contributed by atoms with Crippen molar-refractivity contribution in [3.8, 4) is 16.3 Å². The lowest BCUT2D eigenvalue weighted by molar-refractivity contribution is 0.0678. The van der Waals surface area contributed by atoms with E-state index in [4.69, 9.17) is 9.47 Å². The molecular formula is C24H23FN2O3S. The fourth-order valence-corrected chi connectivity index (χ4v) is 5.08. The number of carbonyl (C=O) groups is 1. The van der Waals surface area contributed by atoms with Gasteiger partial charge in [0.15, 0.2) is 0 Å². The summed E-state index contributed by atoms with van der Waals surface area (Å²) in [6, 6.07) is 13.8. The highest BCUT2D eigenvalue weighted by Gasteiger charge is 2.25. The largest absolute Gasteiger partial charge is 0.491 e. The van der Waals surface area contributed by atoms with Crippen LogP contribution in [0, 0.1) is 5.82 Å². The Morgan fingerprint density at radius 3 is 2.90 bits per heavy atom. The minimum absolute atomic E-state index is 0.00275. The Morgan fingerprint density at radius 1 is 1.26 bits per heavy atom. The van der Waals surface area contributed by atoms with Gasteiger partial charge in [0.2, 0.25) is 0 Å². The van der Waals surface area contributed by atoms with E-state index >= 15 is 0 Å². The first-order valence-electron chi connectivity index (χ1n) is 10.5. The Hall–Kier alpha value is -2.77. The number of hydrogen-bond acceptors (Lipinski definition) is 5. The molecule has 7 heteroatoms. The first-order valence-corrected chi connectivity index (χ1v) is 11.4. The van der Waals surface area contributed by atoms with Crippen molar-refractivity contribution in [2.75, 3.05) is 19.8 Å². The molecule has 0 N–H and O–H groups in total. The van der Waals surface area contributed by atoms with Gasteiger partial charge in [0.25, 0.3) is 5.91 Å². The molecule has 160 valence electrons. The molecule has 1 aromatic heterocycles. The number of aromatic nitrogens is 1. The summed E-state index contributed by atoms with van der Waals surface area (Å²) in [6.45, 7) is 2.50. The van der Waals surface area contributed by atoms with Gasteiger partial charge < -0.3 is 14.4 Å². The summed E-state index contributed by atoms with van der Waals surface area (Å²) < 4.78 is 24.9. The highest BCUT2D eigenvalue weighted by Crippen LogP contribution is 2.32. The minimum Gasteiger partial charge on any atom is -0.491 e. The molecule has 1 amide bonds. The number of amides is 1. The van der Waals surface area contributed by atoms with E-state index in [1.165, 1.54) is 23.5 Å².